The van der Waals surface area contributed by atoms with Crippen LogP contribution >= 0.6 is 22.7 Å². The number of aromatic nitrogens is 1. The highest BCUT2D eigenvalue weighted by molar-refractivity contribution is 7.16. The van der Waals surface area contributed by atoms with Crippen LogP contribution in [-0.4, -0.2) is 17.4 Å². The molecule has 3 heterocycles. The Labute approximate surface area is 119 Å². The third-order valence-corrected chi connectivity index (χ3v) is 5.38. The number of fused-ring (bicyclic) bond motifs is 1. The summed E-state index contributed by atoms with van der Waals surface area (Å²) in [6.07, 6.45) is 0.943. The fourth-order valence-corrected chi connectivity index (χ4v) is 3.92. The van der Waals surface area contributed by atoms with E-state index in [4.69, 9.17) is 0 Å². The zero-order chi connectivity index (χ0) is 13.4. The van der Waals surface area contributed by atoms with Gasteiger partial charge in [0, 0.05) is 29.3 Å². The molecular formula is C13H15N3OS2. The topological polar surface area (TPSA) is 54.0 Å². The van der Waals surface area contributed by atoms with E-state index < -0.39 is 0 Å². The number of thiophene rings is 1. The van der Waals surface area contributed by atoms with Gasteiger partial charge in [-0.1, -0.05) is 0 Å². The van der Waals surface area contributed by atoms with Gasteiger partial charge in [0.15, 0.2) is 5.13 Å². The van der Waals surface area contributed by atoms with E-state index in [1.807, 2.05) is 19.9 Å². The molecule has 0 radical (unpaired) electrons. The minimum Gasteiger partial charge on any atom is -0.311 e. The van der Waals surface area contributed by atoms with Gasteiger partial charge in [0.2, 0.25) is 0 Å². The van der Waals surface area contributed by atoms with Gasteiger partial charge >= 0.3 is 0 Å². The third kappa shape index (κ3) is 2.56. The summed E-state index contributed by atoms with van der Waals surface area (Å²) in [5.41, 5.74) is 2.29. The van der Waals surface area contributed by atoms with E-state index in [0.717, 1.165) is 35.6 Å². The second kappa shape index (κ2) is 5.03. The second-order valence-corrected chi connectivity index (χ2v) is 6.96. The average molecular weight is 293 g/mol. The molecule has 4 nitrogen and oxygen atoms in total. The van der Waals surface area contributed by atoms with Gasteiger partial charge in [-0.05, 0) is 25.5 Å². The summed E-state index contributed by atoms with van der Waals surface area (Å²) in [5, 5.41) is 6.93. The van der Waals surface area contributed by atoms with Crippen molar-refractivity contribution in [2.75, 3.05) is 11.9 Å². The standard InChI is InChI=1S/C13H15N3OS2/c1-7-5-10(18-8(7)2)12(17)16-13-15-9-3-4-14-6-11(9)19-13/h5,14H,3-4,6H2,1-2H3,(H,15,16,17). The van der Waals surface area contributed by atoms with Crippen LogP contribution in [0.5, 0.6) is 0 Å². The lowest BCUT2D eigenvalue weighted by Crippen LogP contribution is -2.22. The second-order valence-electron chi connectivity index (χ2n) is 4.62. The Hall–Kier alpha value is -1.24. The number of carbonyl (C=O) groups excluding carboxylic acids is 1. The molecule has 0 aromatic carbocycles. The number of hydrogen-bond acceptors (Lipinski definition) is 5. The Morgan fingerprint density at radius 2 is 2.26 bits per heavy atom. The van der Waals surface area contributed by atoms with Crippen molar-refractivity contribution in [1.29, 1.82) is 0 Å². The first-order valence-electron chi connectivity index (χ1n) is 6.21. The fraction of sp³-hybridized carbons (Fsp3) is 0.385. The third-order valence-electron chi connectivity index (χ3n) is 3.21. The molecule has 2 aromatic heterocycles. The van der Waals surface area contributed by atoms with Gasteiger partial charge in [0.25, 0.3) is 5.91 Å². The van der Waals surface area contributed by atoms with Crippen LogP contribution in [0.25, 0.3) is 0 Å². The predicted octanol–water partition coefficient (Wildman–Crippen LogP) is 2.72. The maximum absolute atomic E-state index is 12.1. The van der Waals surface area contributed by atoms with Crippen molar-refractivity contribution >= 4 is 33.7 Å². The van der Waals surface area contributed by atoms with Crippen molar-refractivity contribution in [3.8, 4) is 0 Å². The summed E-state index contributed by atoms with van der Waals surface area (Å²) in [6, 6.07) is 1.93. The molecule has 0 spiro atoms. The Morgan fingerprint density at radius 3 is 2.95 bits per heavy atom. The predicted molar refractivity (Wildman–Crippen MR) is 79.3 cm³/mol. The summed E-state index contributed by atoms with van der Waals surface area (Å²) in [7, 11) is 0. The zero-order valence-corrected chi connectivity index (χ0v) is 12.5. The van der Waals surface area contributed by atoms with E-state index in [1.54, 1.807) is 11.3 Å². The molecule has 0 fully saturated rings. The smallest absolute Gasteiger partial charge is 0.267 e. The lowest BCUT2D eigenvalue weighted by molar-refractivity contribution is 0.103. The number of amides is 1. The summed E-state index contributed by atoms with van der Waals surface area (Å²) >= 11 is 3.10. The molecule has 0 atom stereocenters. The van der Waals surface area contributed by atoms with Crippen molar-refractivity contribution in [2.24, 2.45) is 0 Å². The molecule has 0 saturated carbocycles. The number of thiazole rings is 1. The molecule has 0 saturated heterocycles. The number of nitrogens with zero attached hydrogens (tertiary/aromatic N) is 1. The Kier molecular flexibility index (Phi) is 3.38. The van der Waals surface area contributed by atoms with E-state index in [-0.39, 0.29) is 5.91 Å². The number of nitrogens with one attached hydrogen (secondary N) is 2. The molecule has 0 unspecified atom stereocenters. The van der Waals surface area contributed by atoms with Gasteiger partial charge in [-0.3, -0.25) is 10.1 Å². The fourth-order valence-electron chi connectivity index (χ4n) is 2.02. The van der Waals surface area contributed by atoms with Gasteiger partial charge in [-0.25, -0.2) is 4.98 Å². The molecule has 6 heteroatoms. The largest absolute Gasteiger partial charge is 0.311 e. The van der Waals surface area contributed by atoms with Gasteiger partial charge in [0.1, 0.15) is 0 Å². The molecule has 2 N–H and O–H groups in total. The summed E-state index contributed by atoms with van der Waals surface area (Å²) in [6.45, 7) is 5.88. The van der Waals surface area contributed by atoms with Crippen molar-refractivity contribution in [3.63, 3.8) is 0 Å². The van der Waals surface area contributed by atoms with E-state index in [9.17, 15) is 4.79 Å². The minimum absolute atomic E-state index is 0.0553. The molecule has 1 aliphatic rings. The molecule has 1 aliphatic heterocycles. The Morgan fingerprint density at radius 1 is 1.42 bits per heavy atom. The molecule has 2 aromatic rings. The van der Waals surface area contributed by atoms with E-state index in [2.05, 4.69) is 15.6 Å². The first-order chi connectivity index (χ1) is 9.13. The molecule has 1 amide bonds. The van der Waals surface area contributed by atoms with E-state index in [1.165, 1.54) is 21.1 Å². The Bertz CT molecular complexity index is 587. The molecule has 19 heavy (non-hydrogen) atoms. The minimum atomic E-state index is -0.0553. The highest BCUT2D eigenvalue weighted by Gasteiger charge is 2.17. The van der Waals surface area contributed by atoms with Crippen LogP contribution in [0.2, 0.25) is 0 Å². The van der Waals surface area contributed by atoms with Crippen LogP contribution in [0, 0.1) is 13.8 Å². The van der Waals surface area contributed by atoms with Gasteiger partial charge in [-0.2, -0.15) is 0 Å². The number of rotatable bonds is 2. The van der Waals surface area contributed by atoms with Crippen molar-refractivity contribution < 1.29 is 4.79 Å². The molecule has 100 valence electrons. The first kappa shape index (κ1) is 12.8. The van der Waals surface area contributed by atoms with Gasteiger partial charge in [-0.15, -0.1) is 22.7 Å². The molecule has 0 bridgehead atoms. The zero-order valence-electron chi connectivity index (χ0n) is 10.9. The normalized spacial score (nSPS) is 14.2. The maximum atomic E-state index is 12.1. The molecular weight excluding hydrogens is 278 g/mol. The van der Waals surface area contributed by atoms with Crippen molar-refractivity contribution in [1.82, 2.24) is 10.3 Å². The first-order valence-corrected chi connectivity index (χ1v) is 7.84. The summed E-state index contributed by atoms with van der Waals surface area (Å²) < 4.78 is 0. The summed E-state index contributed by atoms with van der Waals surface area (Å²) in [4.78, 5) is 19.8. The number of anilines is 1. The van der Waals surface area contributed by atoms with E-state index in [0.29, 0.717) is 5.13 Å². The molecule has 3 rings (SSSR count). The number of hydrogen-bond donors (Lipinski definition) is 2. The van der Waals surface area contributed by atoms with Crippen LogP contribution in [0.1, 0.15) is 30.7 Å². The monoisotopic (exact) mass is 293 g/mol. The number of aryl methyl sites for hydroxylation is 2. The van der Waals surface area contributed by atoms with Crippen LogP contribution < -0.4 is 10.6 Å². The van der Waals surface area contributed by atoms with Crippen molar-refractivity contribution in [3.05, 3.63) is 32.0 Å². The summed E-state index contributed by atoms with van der Waals surface area (Å²) in [5.74, 6) is -0.0553. The van der Waals surface area contributed by atoms with Gasteiger partial charge in [0.05, 0.1) is 10.6 Å². The van der Waals surface area contributed by atoms with E-state index >= 15 is 0 Å². The quantitative estimate of drug-likeness (QED) is 0.895. The number of carbonyl (C=O) groups is 1. The van der Waals surface area contributed by atoms with Crippen LogP contribution in [0.4, 0.5) is 5.13 Å². The SMILES string of the molecule is Cc1cc(C(=O)Nc2nc3c(s2)CNCC3)sc1C. The Balaban J connectivity index is 1.77. The molecule has 0 aliphatic carbocycles. The average Bonchev–Trinajstić information content (AvgIpc) is 2.93. The lowest BCUT2D eigenvalue weighted by atomic mass is 10.2. The van der Waals surface area contributed by atoms with Crippen LogP contribution in [0.15, 0.2) is 6.07 Å². The van der Waals surface area contributed by atoms with Gasteiger partial charge < -0.3 is 5.32 Å². The van der Waals surface area contributed by atoms with Crippen molar-refractivity contribution in [2.45, 2.75) is 26.8 Å². The lowest BCUT2D eigenvalue weighted by Gasteiger charge is -2.09. The van der Waals surface area contributed by atoms with Crippen LogP contribution in [-0.2, 0) is 13.0 Å². The van der Waals surface area contributed by atoms with Crippen LogP contribution in [0.3, 0.4) is 0 Å². The highest BCUT2D eigenvalue weighted by atomic mass is 32.1. The highest BCUT2D eigenvalue weighted by Crippen LogP contribution is 2.27. The maximum Gasteiger partial charge on any atom is 0.267 e.